The van der Waals surface area contributed by atoms with Gasteiger partial charge in [-0.1, -0.05) is 23.4 Å². The van der Waals surface area contributed by atoms with Crippen LogP contribution < -0.4 is 10.1 Å². The summed E-state index contributed by atoms with van der Waals surface area (Å²) in [5.41, 5.74) is 2.03. The molecule has 1 heterocycles. The summed E-state index contributed by atoms with van der Waals surface area (Å²) < 4.78 is 24.2. The van der Waals surface area contributed by atoms with Crippen molar-refractivity contribution < 1.29 is 18.4 Å². The Kier molecular flexibility index (Phi) is 6.33. The van der Waals surface area contributed by atoms with Crippen molar-refractivity contribution in [2.45, 2.75) is 17.6 Å². The lowest BCUT2D eigenvalue weighted by Gasteiger charge is -2.10. The van der Waals surface area contributed by atoms with Gasteiger partial charge in [-0.05, 0) is 55.5 Å². The molecular weight excluding hydrogens is 415 g/mol. The second-order valence-electron chi connectivity index (χ2n) is 6.76. The summed E-state index contributed by atoms with van der Waals surface area (Å²) in [6.07, 6.45) is 0. The maximum atomic E-state index is 13.3. The third kappa shape index (κ3) is 5.52. The fraction of sp³-hybridized carbons (Fsp3) is 0.0833. The van der Waals surface area contributed by atoms with Crippen molar-refractivity contribution in [3.63, 3.8) is 0 Å². The smallest absolute Gasteiger partial charge is 0.256 e. The Labute approximate surface area is 183 Å². The van der Waals surface area contributed by atoms with E-state index in [2.05, 4.69) is 10.5 Å². The quantitative estimate of drug-likeness (QED) is 0.338. The molecule has 0 atom stereocenters. The van der Waals surface area contributed by atoms with Gasteiger partial charge < -0.3 is 14.6 Å². The van der Waals surface area contributed by atoms with Gasteiger partial charge in [-0.25, -0.2) is 4.39 Å². The molecular formula is C24H19FN2O3S. The second-order valence-corrected chi connectivity index (χ2v) is 7.77. The van der Waals surface area contributed by atoms with Crippen LogP contribution in [0.2, 0.25) is 0 Å². The molecule has 4 aromatic rings. The summed E-state index contributed by atoms with van der Waals surface area (Å²) in [5, 5.41) is 6.78. The summed E-state index contributed by atoms with van der Waals surface area (Å²) in [7, 11) is 0. The molecule has 7 heteroatoms. The number of carbonyl (C=O) groups is 1. The Morgan fingerprint density at radius 3 is 2.58 bits per heavy atom. The molecule has 0 bridgehead atoms. The van der Waals surface area contributed by atoms with Gasteiger partial charge in [0, 0.05) is 22.7 Å². The number of benzene rings is 3. The van der Waals surface area contributed by atoms with Crippen LogP contribution in [0, 0.1) is 12.7 Å². The van der Waals surface area contributed by atoms with E-state index >= 15 is 0 Å². The van der Waals surface area contributed by atoms with Crippen molar-refractivity contribution in [1.29, 1.82) is 0 Å². The van der Waals surface area contributed by atoms with Crippen molar-refractivity contribution in [3.05, 3.63) is 102 Å². The van der Waals surface area contributed by atoms with E-state index in [0.717, 1.165) is 16.3 Å². The molecule has 1 aromatic heterocycles. The zero-order valence-corrected chi connectivity index (χ0v) is 17.5. The van der Waals surface area contributed by atoms with E-state index in [1.165, 1.54) is 23.9 Å². The number of halogens is 1. The number of hydrogen-bond donors (Lipinski definition) is 1. The van der Waals surface area contributed by atoms with E-state index in [1.807, 2.05) is 31.2 Å². The molecule has 0 spiro atoms. The number of aryl methyl sites for hydroxylation is 1. The topological polar surface area (TPSA) is 64.4 Å². The van der Waals surface area contributed by atoms with E-state index in [0.29, 0.717) is 28.5 Å². The van der Waals surface area contributed by atoms with E-state index in [4.69, 9.17) is 9.26 Å². The van der Waals surface area contributed by atoms with Gasteiger partial charge in [-0.2, -0.15) is 0 Å². The summed E-state index contributed by atoms with van der Waals surface area (Å²) in [5.74, 6) is 1.71. The first-order chi connectivity index (χ1) is 15.1. The Bertz CT molecular complexity index is 1190. The van der Waals surface area contributed by atoms with Gasteiger partial charge in [0.15, 0.2) is 0 Å². The molecule has 0 saturated carbocycles. The zero-order chi connectivity index (χ0) is 21.6. The second kappa shape index (κ2) is 9.49. The van der Waals surface area contributed by atoms with Gasteiger partial charge in [0.2, 0.25) is 0 Å². The van der Waals surface area contributed by atoms with Crippen LogP contribution >= 0.6 is 11.8 Å². The van der Waals surface area contributed by atoms with Crippen molar-refractivity contribution in [2.24, 2.45) is 0 Å². The maximum absolute atomic E-state index is 13.3. The number of carbonyl (C=O) groups excluding carboxylic acids is 1. The van der Waals surface area contributed by atoms with E-state index in [9.17, 15) is 9.18 Å². The highest BCUT2D eigenvalue weighted by Gasteiger charge is 2.13. The minimum absolute atomic E-state index is 0.212. The Morgan fingerprint density at radius 1 is 1.03 bits per heavy atom. The van der Waals surface area contributed by atoms with Crippen LogP contribution in [-0.2, 0) is 5.75 Å². The monoisotopic (exact) mass is 434 g/mol. The van der Waals surface area contributed by atoms with Gasteiger partial charge in [0.25, 0.3) is 5.91 Å². The summed E-state index contributed by atoms with van der Waals surface area (Å²) in [6.45, 7) is 1.87. The van der Waals surface area contributed by atoms with Crippen molar-refractivity contribution in [3.8, 4) is 11.5 Å². The van der Waals surface area contributed by atoms with Crippen LogP contribution in [0.15, 0.2) is 88.3 Å². The molecule has 1 amide bonds. The van der Waals surface area contributed by atoms with Gasteiger partial charge in [-0.15, -0.1) is 11.8 Å². The largest absolute Gasteiger partial charge is 0.457 e. The SMILES string of the molecule is Cc1cc(CSc2ccccc2C(=O)Nc2ccc(Oc3cccc(F)c3)cc2)on1. The fourth-order valence-corrected chi connectivity index (χ4v) is 3.81. The van der Waals surface area contributed by atoms with Gasteiger partial charge >= 0.3 is 0 Å². The normalized spacial score (nSPS) is 10.6. The number of nitrogens with zero attached hydrogens (tertiary/aromatic N) is 1. The van der Waals surface area contributed by atoms with Crippen molar-refractivity contribution in [2.75, 3.05) is 5.32 Å². The fourth-order valence-electron chi connectivity index (χ4n) is 2.88. The molecule has 0 aliphatic rings. The minimum atomic E-state index is -0.364. The minimum Gasteiger partial charge on any atom is -0.457 e. The zero-order valence-electron chi connectivity index (χ0n) is 16.7. The molecule has 0 aliphatic heterocycles. The highest BCUT2D eigenvalue weighted by molar-refractivity contribution is 7.98. The van der Waals surface area contributed by atoms with E-state index in [-0.39, 0.29) is 11.7 Å². The molecule has 0 aliphatic carbocycles. The maximum Gasteiger partial charge on any atom is 0.256 e. The molecule has 0 saturated heterocycles. The highest BCUT2D eigenvalue weighted by Crippen LogP contribution is 2.28. The summed E-state index contributed by atoms with van der Waals surface area (Å²) in [6, 6.07) is 22.1. The van der Waals surface area contributed by atoms with Crippen LogP contribution in [0.1, 0.15) is 21.8 Å². The highest BCUT2D eigenvalue weighted by atomic mass is 32.2. The molecule has 31 heavy (non-hydrogen) atoms. The number of rotatable bonds is 7. The molecule has 1 N–H and O–H groups in total. The average Bonchev–Trinajstić information content (AvgIpc) is 3.19. The lowest BCUT2D eigenvalue weighted by atomic mass is 10.2. The molecule has 3 aromatic carbocycles. The molecule has 156 valence electrons. The van der Waals surface area contributed by atoms with Crippen LogP contribution in [0.5, 0.6) is 11.5 Å². The average molecular weight is 434 g/mol. The van der Waals surface area contributed by atoms with Gasteiger partial charge in [0.05, 0.1) is 17.0 Å². The van der Waals surface area contributed by atoms with Gasteiger partial charge in [-0.3, -0.25) is 4.79 Å². The molecule has 0 radical (unpaired) electrons. The number of thioether (sulfide) groups is 1. The number of anilines is 1. The molecule has 4 rings (SSSR count). The van der Waals surface area contributed by atoms with Gasteiger partial charge in [0.1, 0.15) is 23.1 Å². The number of amides is 1. The van der Waals surface area contributed by atoms with Crippen LogP contribution in [0.3, 0.4) is 0 Å². The van der Waals surface area contributed by atoms with Crippen molar-refractivity contribution in [1.82, 2.24) is 5.16 Å². The number of hydrogen-bond acceptors (Lipinski definition) is 5. The predicted octanol–water partition coefficient (Wildman–Crippen LogP) is 6.46. The first kappa shape index (κ1) is 20.7. The third-order valence-electron chi connectivity index (χ3n) is 4.32. The number of nitrogens with one attached hydrogen (secondary N) is 1. The first-order valence-electron chi connectivity index (χ1n) is 9.56. The lowest BCUT2D eigenvalue weighted by Crippen LogP contribution is -2.12. The third-order valence-corrected chi connectivity index (χ3v) is 5.42. The summed E-state index contributed by atoms with van der Waals surface area (Å²) in [4.78, 5) is 13.7. The summed E-state index contributed by atoms with van der Waals surface area (Å²) >= 11 is 1.51. The van der Waals surface area contributed by atoms with Crippen LogP contribution in [-0.4, -0.2) is 11.1 Å². The predicted molar refractivity (Wildman–Crippen MR) is 118 cm³/mol. The molecule has 0 unspecified atom stereocenters. The Morgan fingerprint density at radius 2 is 1.84 bits per heavy atom. The first-order valence-corrected chi connectivity index (χ1v) is 10.5. The molecule has 5 nitrogen and oxygen atoms in total. The van der Waals surface area contributed by atoms with E-state index < -0.39 is 0 Å². The van der Waals surface area contributed by atoms with E-state index in [1.54, 1.807) is 42.5 Å². The standard InChI is InChI=1S/C24H19FN2O3S/c1-16-13-21(30-27-16)15-31-23-8-3-2-7-22(23)24(28)26-18-9-11-19(12-10-18)29-20-6-4-5-17(25)14-20/h2-14H,15H2,1H3,(H,26,28). The Balaban J connectivity index is 1.41. The van der Waals surface area contributed by atoms with Crippen LogP contribution in [0.4, 0.5) is 10.1 Å². The lowest BCUT2D eigenvalue weighted by molar-refractivity contribution is 0.102. The molecule has 0 fully saturated rings. The van der Waals surface area contributed by atoms with Crippen LogP contribution in [0.25, 0.3) is 0 Å². The Hall–Kier alpha value is -3.58. The van der Waals surface area contributed by atoms with Crippen molar-refractivity contribution >= 4 is 23.4 Å². The number of ether oxygens (including phenoxy) is 1. The number of aromatic nitrogens is 1.